The standard InChI is InChI=1S/C18H21Cl2N/c1-4-18(16-10-9-14(19)11-17(16)20)21-13(3)15-8-6-5-7-12(15)2/h5-11,13,18,21H,4H2,1-3H3/t13-,18?/m0/s1. The highest BCUT2D eigenvalue weighted by atomic mass is 35.5. The lowest BCUT2D eigenvalue weighted by Gasteiger charge is -2.25. The van der Waals surface area contributed by atoms with E-state index in [1.54, 1.807) is 6.07 Å². The lowest BCUT2D eigenvalue weighted by atomic mass is 9.99. The van der Waals surface area contributed by atoms with Crippen molar-refractivity contribution in [2.24, 2.45) is 0 Å². The Morgan fingerprint density at radius 3 is 2.38 bits per heavy atom. The van der Waals surface area contributed by atoms with Crippen molar-refractivity contribution in [3.63, 3.8) is 0 Å². The first-order chi connectivity index (χ1) is 10.0. The second-order valence-electron chi connectivity index (χ2n) is 5.37. The van der Waals surface area contributed by atoms with Gasteiger partial charge in [0.1, 0.15) is 0 Å². The van der Waals surface area contributed by atoms with Crippen LogP contribution in [0.3, 0.4) is 0 Å². The molecule has 0 bridgehead atoms. The van der Waals surface area contributed by atoms with Crippen molar-refractivity contribution in [3.05, 3.63) is 69.2 Å². The van der Waals surface area contributed by atoms with Crippen molar-refractivity contribution in [2.45, 2.75) is 39.3 Å². The molecule has 1 unspecified atom stereocenters. The molecule has 0 aromatic heterocycles. The molecule has 0 aliphatic rings. The van der Waals surface area contributed by atoms with Crippen molar-refractivity contribution in [1.29, 1.82) is 0 Å². The van der Waals surface area contributed by atoms with E-state index in [4.69, 9.17) is 23.2 Å². The predicted molar refractivity (Wildman–Crippen MR) is 92.2 cm³/mol. The van der Waals surface area contributed by atoms with Crippen LogP contribution >= 0.6 is 23.2 Å². The molecule has 2 rings (SSSR count). The highest BCUT2D eigenvalue weighted by Crippen LogP contribution is 2.30. The van der Waals surface area contributed by atoms with Gasteiger partial charge in [-0.2, -0.15) is 0 Å². The summed E-state index contributed by atoms with van der Waals surface area (Å²) < 4.78 is 0. The van der Waals surface area contributed by atoms with Crippen LogP contribution in [0.15, 0.2) is 42.5 Å². The molecule has 2 aromatic rings. The second-order valence-corrected chi connectivity index (χ2v) is 6.22. The summed E-state index contributed by atoms with van der Waals surface area (Å²) in [6, 6.07) is 14.7. The highest BCUT2D eigenvalue weighted by molar-refractivity contribution is 6.35. The summed E-state index contributed by atoms with van der Waals surface area (Å²) in [5.74, 6) is 0. The molecule has 1 nitrogen and oxygen atoms in total. The molecule has 3 heteroatoms. The molecule has 0 saturated carbocycles. The van der Waals surface area contributed by atoms with Gasteiger partial charge in [0.15, 0.2) is 0 Å². The van der Waals surface area contributed by atoms with Crippen LogP contribution in [0, 0.1) is 6.92 Å². The van der Waals surface area contributed by atoms with Gasteiger partial charge < -0.3 is 5.32 Å². The monoisotopic (exact) mass is 321 g/mol. The minimum absolute atomic E-state index is 0.212. The van der Waals surface area contributed by atoms with E-state index in [2.05, 4.69) is 50.4 Å². The maximum atomic E-state index is 6.34. The van der Waals surface area contributed by atoms with E-state index in [1.807, 2.05) is 12.1 Å². The summed E-state index contributed by atoms with van der Waals surface area (Å²) in [4.78, 5) is 0. The number of halogens is 2. The third kappa shape index (κ3) is 4.00. The molecule has 0 fully saturated rings. The first-order valence-electron chi connectivity index (χ1n) is 7.29. The molecule has 0 saturated heterocycles. The van der Waals surface area contributed by atoms with Crippen molar-refractivity contribution in [3.8, 4) is 0 Å². The second kappa shape index (κ2) is 7.31. The topological polar surface area (TPSA) is 12.0 Å². The molecule has 0 radical (unpaired) electrons. The van der Waals surface area contributed by atoms with Gasteiger partial charge in [-0.05, 0) is 49.1 Å². The number of aryl methyl sites for hydroxylation is 1. The highest BCUT2D eigenvalue weighted by Gasteiger charge is 2.17. The third-order valence-corrected chi connectivity index (χ3v) is 4.41. The van der Waals surface area contributed by atoms with Gasteiger partial charge in [-0.3, -0.25) is 0 Å². The molecule has 2 atom stereocenters. The zero-order valence-corrected chi connectivity index (χ0v) is 14.2. The van der Waals surface area contributed by atoms with Crippen LogP contribution in [0.4, 0.5) is 0 Å². The number of hydrogen-bond donors (Lipinski definition) is 1. The Kier molecular flexibility index (Phi) is 5.69. The molecule has 0 aliphatic heterocycles. The van der Waals surface area contributed by atoms with Crippen LogP contribution in [0.25, 0.3) is 0 Å². The van der Waals surface area contributed by atoms with Crippen molar-refractivity contribution < 1.29 is 0 Å². The number of nitrogens with one attached hydrogen (secondary N) is 1. The van der Waals surface area contributed by atoms with Crippen LogP contribution < -0.4 is 5.32 Å². The van der Waals surface area contributed by atoms with Crippen LogP contribution in [-0.2, 0) is 0 Å². The zero-order valence-electron chi connectivity index (χ0n) is 12.7. The van der Waals surface area contributed by atoms with Gasteiger partial charge in [0.2, 0.25) is 0 Å². The number of rotatable bonds is 5. The van der Waals surface area contributed by atoms with Crippen LogP contribution in [0.1, 0.15) is 49.0 Å². The van der Waals surface area contributed by atoms with Gasteiger partial charge in [-0.15, -0.1) is 0 Å². The quantitative estimate of drug-likeness (QED) is 0.701. The molecular weight excluding hydrogens is 301 g/mol. The SMILES string of the molecule is CCC(N[C@@H](C)c1ccccc1C)c1ccc(Cl)cc1Cl. The maximum Gasteiger partial charge on any atom is 0.0468 e. The summed E-state index contributed by atoms with van der Waals surface area (Å²) in [5.41, 5.74) is 3.72. The van der Waals surface area contributed by atoms with Gasteiger partial charge in [0.05, 0.1) is 0 Å². The Balaban J connectivity index is 2.21. The third-order valence-electron chi connectivity index (χ3n) is 3.85. The lowest BCUT2D eigenvalue weighted by Crippen LogP contribution is -2.25. The molecule has 0 aliphatic carbocycles. The summed E-state index contributed by atoms with van der Waals surface area (Å²) in [6.07, 6.45) is 0.970. The van der Waals surface area contributed by atoms with E-state index in [0.717, 1.165) is 17.0 Å². The molecule has 21 heavy (non-hydrogen) atoms. The van der Waals surface area contributed by atoms with Gasteiger partial charge in [0.25, 0.3) is 0 Å². The average molecular weight is 322 g/mol. The summed E-state index contributed by atoms with van der Waals surface area (Å²) in [6.45, 7) is 6.49. The molecule has 0 amide bonds. The smallest absolute Gasteiger partial charge is 0.0468 e. The predicted octanol–water partition coefficient (Wildman–Crippen LogP) is 6.10. The van der Waals surface area contributed by atoms with E-state index in [1.165, 1.54) is 11.1 Å². The van der Waals surface area contributed by atoms with E-state index < -0.39 is 0 Å². The molecule has 0 spiro atoms. The van der Waals surface area contributed by atoms with Crippen molar-refractivity contribution >= 4 is 23.2 Å². The zero-order chi connectivity index (χ0) is 15.4. The average Bonchev–Trinajstić information content (AvgIpc) is 2.45. The summed E-state index contributed by atoms with van der Waals surface area (Å²) in [5, 5.41) is 5.07. The Hall–Kier alpha value is -1.02. The van der Waals surface area contributed by atoms with E-state index in [9.17, 15) is 0 Å². The van der Waals surface area contributed by atoms with Gasteiger partial charge in [0, 0.05) is 22.1 Å². The fraction of sp³-hybridized carbons (Fsp3) is 0.333. The minimum atomic E-state index is 0.212. The van der Waals surface area contributed by atoms with Crippen LogP contribution in [0.2, 0.25) is 10.0 Å². The van der Waals surface area contributed by atoms with Crippen molar-refractivity contribution in [1.82, 2.24) is 5.32 Å². The molecular formula is C18H21Cl2N. The van der Waals surface area contributed by atoms with Crippen molar-refractivity contribution in [2.75, 3.05) is 0 Å². The van der Waals surface area contributed by atoms with Crippen LogP contribution in [-0.4, -0.2) is 0 Å². The van der Waals surface area contributed by atoms with E-state index in [-0.39, 0.29) is 12.1 Å². The lowest BCUT2D eigenvalue weighted by molar-refractivity contribution is 0.455. The Morgan fingerprint density at radius 1 is 1.05 bits per heavy atom. The van der Waals surface area contributed by atoms with E-state index in [0.29, 0.717) is 5.02 Å². The van der Waals surface area contributed by atoms with Gasteiger partial charge in [-0.1, -0.05) is 60.5 Å². The van der Waals surface area contributed by atoms with E-state index >= 15 is 0 Å². The summed E-state index contributed by atoms with van der Waals surface area (Å²) >= 11 is 12.3. The first-order valence-corrected chi connectivity index (χ1v) is 8.05. The fourth-order valence-electron chi connectivity index (χ4n) is 2.68. The molecule has 2 aromatic carbocycles. The minimum Gasteiger partial charge on any atom is -0.303 e. The Morgan fingerprint density at radius 2 is 1.76 bits per heavy atom. The van der Waals surface area contributed by atoms with Gasteiger partial charge >= 0.3 is 0 Å². The fourth-order valence-corrected chi connectivity index (χ4v) is 3.22. The number of hydrogen-bond acceptors (Lipinski definition) is 1. The summed E-state index contributed by atoms with van der Waals surface area (Å²) in [7, 11) is 0. The normalized spacial score (nSPS) is 14.0. The first kappa shape index (κ1) is 16.4. The number of benzene rings is 2. The molecule has 112 valence electrons. The van der Waals surface area contributed by atoms with Crippen LogP contribution in [0.5, 0.6) is 0 Å². The Labute approximate surface area is 137 Å². The molecule has 1 N–H and O–H groups in total. The largest absolute Gasteiger partial charge is 0.303 e. The molecule has 0 heterocycles. The maximum absolute atomic E-state index is 6.34. The van der Waals surface area contributed by atoms with Gasteiger partial charge in [-0.25, -0.2) is 0 Å². The Bertz CT molecular complexity index is 610.